The summed E-state index contributed by atoms with van der Waals surface area (Å²) in [5.41, 5.74) is 2.39. The van der Waals surface area contributed by atoms with Crippen molar-refractivity contribution in [2.75, 3.05) is 42.3 Å². The van der Waals surface area contributed by atoms with Gasteiger partial charge in [-0.15, -0.1) is 0 Å². The van der Waals surface area contributed by atoms with Crippen LogP contribution >= 0.6 is 0 Å². The summed E-state index contributed by atoms with van der Waals surface area (Å²) in [5, 5.41) is 5.55. The largest absolute Gasteiger partial charge is 0.383 e. The van der Waals surface area contributed by atoms with Crippen molar-refractivity contribution >= 4 is 28.5 Å². The van der Waals surface area contributed by atoms with E-state index in [1.165, 1.54) is 30.5 Å². The van der Waals surface area contributed by atoms with Crippen LogP contribution in [0.2, 0.25) is 0 Å². The third-order valence-electron chi connectivity index (χ3n) is 4.38. The molecule has 0 saturated carbocycles. The lowest BCUT2D eigenvalue weighted by Gasteiger charge is -2.23. The Morgan fingerprint density at radius 1 is 1.22 bits per heavy atom. The monoisotopic (exact) mass is 373 g/mol. The first-order chi connectivity index (χ1) is 13.0. The second kappa shape index (κ2) is 8.18. The lowest BCUT2D eigenvalue weighted by molar-refractivity contribution is -0.110. The minimum Gasteiger partial charge on any atom is -0.383 e. The SMILES string of the molecule is CCN(CCOC)c1ccc(N/C=C2/C(=O)Nc3cc(F)ccc32)cc1F. The second-order valence-corrected chi connectivity index (χ2v) is 6.09. The van der Waals surface area contributed by atoms with Gasteiger partial charge in [0.15, 0.2) is 0 Å². The summed E-state index contributed by atoms with van der Waals surface area (Å²) in [6.07, 6.45) is 1.50. The molecule has 1 amide bonds. The van der Waals surface area contributed by atoms with Gasteiger partial charge >= 0.3 is 0 Å². The average molecular weight is 373 g/mol. The third kappa shape index (κ3) is 4.09. The van der Waals surface area contributed by atoms with E-state index >= 15 is 0 Å². The van der Waals surface area contributed by atoms with Crippen LogP contribution in [0.1, 0.15) is 12.5 Å². The van der Waals surface area contributed by atoms with Crippen molar-refractivity contribution < 1.29 is 18.3 Å². The number of nitrogens with one attached hydrogen (secondary N) is 2. The molecule has 0 saturated heterocycles. The van der Waals surface area contributed by atoms with Crippen molar-refractivity contribution in [3.8, 4) is 0 Å². The van der Waals surface area contributed by atoms with Gasteiger partial charge in [-0.1, -0.05) is 0 Å². The fourth-order valence-corrected chi connectivity index (χ4v) is 2.97. The summed E-state index contributed by atoms with van der Waals surface area (Å²) in [5.74, 6) is -1.12. The van der Waals surface area contributed by atoms with Crippen LogP contribution in [0.3, 0.4) is 0 Å². The Morgan fingerprint density at radius 2 is 2.04 bits per heavy atom. The molecule has 0 spiro atoms. The Bertz CT molecular complexity index is 884. The van der Waals surface area contributed by atoms with E-state index in [0.717, 1.165) is 0 Å². The standard InChI is InChI=1S/C20H21F2N3O2/c1-3-25(8-9-27-2)19-7-5-14(11-17(19)22)23-12-16-15-6-4-13(21)10-18(15)24-20(16)26/h4-7,10-12,23H,3,8-9H2,1-2H3,(H,24,26)/b16-12+. The molecule has 1 aliphatic rings. The van der Waals surface area contributed by atoms with Gasteiger partial charge in [-0.2, -0.15) is 0 Å². The van der Waals surface area contributed by atoms with E-state index in [9.17, 15) is 13.6 Å². The van der Waals surface area contributed by atoms with Crippen LogP contribution in [0.25, 0.3) is 5.57 Å². The number of halogens is 2. The number of fused-ring (bicyclic) bond motifs is 1. The molecule has 0 aromatic heterocycles. The molecule has 1 aliphatic heterocycles. The lowest BCUT2D eigenvalue weighted by atomic mass is 10.1. The molecule has 0 fully saturated rings. The predicted octanol–water partition coefficient (Wildman–Crippen LogP) is 3.84. The number of rotatable bonds is 7. The highest BCUT2D eigenvalue weighted by Gasteiger charge is 2.24. The van der Waals surface area contributed by atoms with Gasteiger partial charge in [-0.25, -0.2) is 8.78 Å². The molecule has 0 unspecified atom stereocenters. The zero-order valence-electron chi connectivity index (χ0n) is 15.2. The summed E-state index contributed by atoms with van der Waals surface area (Å²) in [6.45, 7) is 3.71. The van der Waals surface area contributed by atoms with Gasteiger partial charge in [0.25, 0.3) is 5.91 Å². The molecule has 0 atom stereocenters. The van der Waals surface area contributed by atoms with Crippen molar-refractivity contribution in [1.29, 1.82) is 0 Å². The maximum atomic E-state index is 14.5. The van der Waals surface area contributed by atoms with Crippen LogP contribution in [0.15, 0.2) is 42.6 Å². The third-order valence-corrected chi connectivity index (χ3v) is 4.38. The minimum absolute atomic E-state index is 0.336. The zero-order valence-corrected chi connectivity index (χ0v) is 15.2. The first kappa shape index (κ1) is 18.8. The summed E-state index contributed by atoms with van der Waals surface area (Å²) in [6, 6.07) is 8.90. The highest BCUT2D eigenvalue weighted by atomic mass is 19.1. The number of ether oxygens (including phenoxy) is 1. The van der Waals surface area contributed by atoms with E-state index in [4.69, 9.17) is 4.74 Å². The van der Waals surface area contributed by atoms with E-state index in [0.29, 0.717) is 47.9 Å². The van der Waals surface area contributed by atoms with Crippen molar-refractivity contribution in [1.82, 2.24) is 0 Å². The average Bonchev–Trinajstić information content (AvgIpc) is 2.96. The van der Waals surface area contributed by atoms with Gasteiger partial charge in [0.1, 0.15) is 11.6 Å². The lowest BCUT2D eigenvalue weighted by Crippen LogP contribution is -2.27. The molecule has 0 aliphatic carbocycles. The molecule has 27 heavy (non-hydrogen) atoms. The van der Waals surface area contributed by atoms with Crippen LogP contribution in [0.4, 0.5) is 25.8 Å². The number of anilines is 3. The molecule has 0 bridgehead atoms. The number of carbonyl (C=O) groups excluding carboxylic acids is 1. The molecule has 2 aromatic carbocycles. The Balaban J connectivity index is 1.78. The van der Waals surface area contributed by atoms with Gasteiger partial charge in [0.2, 0.25) is 0 Å². The number of methoxy groups -OCH3 is 1. The van der Waals surface area contributed by atoms with Crippen molar-refractivity contribution in [2.24, 2.45) is 0 Å². The number of nitrogens with zero attached hydrogens (tertiary/aromatic N) is 1. The summed E-state index contributed by atoms with van der Waals surface area (Å²) in [4.78, 5) is 14.0. The van der Waals surface area contributed by atoms with Crippen LogP contribution in [-0.2, 0) is 9.53 Å². The Hall–Kier alpha value is -2.93. The Labute approximate surface area is 156 Å². The number of benzene rings is 2. The molecule has 0 radical (unpaired) electrons. The van der Waals surface area contributed by atoms with Gasteiger partial charge in [-0.3, -0.25) is 4.79 Å². The van der Waals surface area contributed by atoms with Crippen LogP contribution in [-0.4, -0.2) is 32.7 Å². The highest BCUT2D eigenvalue weighted by Crippen LogP contribution is 2.32. The fraction of sp³-hybridized carbons (Fsp3) is 0.250. The molecule has 2 N–H and O–H groups in total. The molecule has 5 nitrogen and oxygen atoms in total. The smallest absolute Gasteiger partial charge is 0.257 e. The molecular weight excluding hydrogens is 352 g/mol. The molecule has 7 heteroatoms. The van der Waals surface area contributed by atoms with E-state index in [1.807, 2.05) is 11.8 Å². The molecule has 2 aromatic rings. The van der Waals surface area contributed by atoms with Crippen LogP contribution in [0, 0.1) is 11.6 Å². The topological polar surface area (TPSA) is 53.6 Å². The first-order valence-corrected chi connectivity index (χ1v) is 8.65. The summed E-state index contributed by atoms with van der Waals surface area (Å²) in [7, 11) is 1.61. The molecule has 142 valence electrons. The van der Waals surface area contributed by atoms with Gasteiger partial charge in [0.05, 0.1) is 23.6 Å². The van der Waals surface area contributed by atoms with Gasteiger partial charge in [0, 0.05) is 37.7 Å². The fourth-order valence-electron chi connectivity index (χ4n) is 2.97. The van der Waals surface area contributed by atoms with E-state index in [-0.39, 0.29) is 11.7 Å². The number of hydrogen-bond acceptors (Lipinski definition) is 4. The van der Waals surface area contributed by atoms with Crippen LogP contribution in [0.5, 0.6) is 0 Å². The van der Waals surface area contributed by atoms with E-state index < -0.39 is 5.82 Å². The zero-order chi connectivity index (χ0) is 19.4. The number of carbonyl (C=O) groups is 1. The van der Waals surface area contributed by atoms with Gasteiger partial charge in [-0.05, 0) is 43.3 Å². The number of amides is 1. The Morgan fingerprint density at radius 3 is 2.74 bits per heavy atom. The van der Waals surface area contributed by atoms with Crippen molar-refractivity contribution in [3.05, 3.63) is 59.8 Å². The number of likely N-dealkylation sites (N-methyl/N-ethyl adjacent to an activating group) is 1. The summed E-state index contributed by atoms with van der Waals surface area (Å²) < 4.78 is 32.8. The van der Waals surface area contributed by atoms with Crippen molar-refractivity contribution in [2.45, 2.75) is 6.92 Å². The maximum Gasteiger partial charge on any atom is 0.257 e. The van der Waals surface area contributed by atoms with E-state index in [2.05, 4.69) is 10.6 Å². The number of hydrogen-bond donors (Lipinski definition) is 2. The highest BCUT2D eigenvalue weighted by molar-refractivity contribution is 6.31. The first-order valence-electron chi connectivity index (χ1n) is 8.65. The molecular formula is C20H21F2N3O2. The summed E-state index contributed by atoms with van der Waals surface area (Å²) >= 11 is 0. The minimum atomic E-state index is -0.421. The maximum absolute atomic E-state index is 14.5. The predicted molar refractivity (Wildman–Crippen MR) is 103 cm³/mol. The normalized spacial score (nSPS) is 14.2. The quantitative estimate of drug-likeness (QED) is 0.724. The van der Waals surface area contributed by atoms with E-state index in [1.54, 1.807) is 19.2 Å². The molecule has 1 heterocycles. The Kier molecular flexibility index (Phi) is 5.71. The van der Waals surface area contributed by atoms with Crippen molar-refractivity contribution in [3.63, 3.8) is 0 Å². The van der Waals surface area contributed by atoms with Crippen LogP contribution < -0.4 is 15.5 Å². The van der Waals surface area contributed by atoms with Gasteiger partial charge < -0.3 is 20.3 Å². The molecule has 3 rings (SSSR count). The second-order valence-electron chi connectivity index (χ2n) is 6.09.